The second kappa shape index (κ2) is 6.56. The summed E-state index contributed by atoms with van der Waals surface area (Å²) in [4.78, 5) is 5.27. The smallest absolute Gasteiger partial charge is 0.183 e. The monoisotopic (exact) mass is 267 g/mol. The van der Waals surface area contributed by atoms with E-state index in [4.69, 9.17) is 4.74 Å². The molecule has 0 amide bonds. The van der Waals surface area contributed by atoms with Crippen LogP contribution in [-0.4, -0.2) is 33.8 Å². The number of thioether (sulfide) groups is 2. The van der Waals surface area contributed by atoms with E-state index in [1.165, 1.54) is 11.2 Å². The Kier molecular flexibility index (Phi) is 4.75. The molecular formula is C11H13N3OS2. The van der Waals surface area contributed by atoms with Crippen LogP contribution in [-0.2, 0) is 0 Å². The molecule has 0 aliphatic heterocycles. The van der Waals surface area contributed by atoms with Crippen molar-refractivity contribution in [2.45, 2.75) is 10.1 Å². The lowest BCUT2D eigenvalue weighted by atomic mass is 10.3. The van der Waals surface area contributed by atoms with E-state index in [0.717, 1.165) is 16.7 Å². The Hall–Kier alpha value is -1.14. The van der Waals surface area contributed by atoms with Gasteiger partial charge in [0.05, 0.1) is 6.61 Å². The number of rotatable bonds is 6. The van der Waals surface area contributed by atoms with Gasteiger partial charge in [-0.2, -0.15) is 5.10 Å². The van der Waals surface area contributed by atoms with Gasteiger partial charge in [-0.3, -0.25) is 5.10 Å². The second-order valence-electron chi connectivity index (χ2n) is 3.16. The molecule has 0 aliphatic carbocycles. The molecule has 6 heteroatoms. The van der Waals surface area contributed by atoms with E-state index >= 15 is 0 Å². The Morgan fingerprint density at radius 3 is 2.76 bits per heavy atom. The van der Waals surface area contributed by atoms with Crippen molar-refractivity contribution in [1.29, 1.82) is 0 Å². The number of aromatic amines is 1. The molecule has 0 aliphatic rings. The van der Waals surface area contributed by atoms with Gasteiger partial charge in [0.25, 0.3) is 0 Å². The SMILES string of the molecule is CSc1ccc(OCCSc2ncn[nH]2)cc1. The standard InChI is InChI=1S/C11H13N3OS2/c1-16-10-4-2-9(3-5-10)15-6-7-17-11-12-8-13-14-11/h2-5,8H,6-7H2,1H3,(H,12,13,14). The van der Waals surface area contributed by atoms with Gasteiger partial charge in [-0.15, -0.1) is 11.8 Å². The van der Waals surface area contributed by atoms with Crippen LogP contribution >= 0.6 is 23.5 Å². The third-order valence-corrected chi connectivity index (χ3v) is 3.63. The van der Waals surface area contributed by atoms with Crippen molar-refractivity contribution >= 4 is 23.5 Å². The van der Waals surface area contributed by atoms with E-state index in [1.54, 1.807) is 23.5 Å². The zero-order chi connectivity index (χ0) is 11.9. The fourth-order valence-electron chi connectivity index (χ4n) is 1.23. The lowest BCUT2D eigenvalue weighted by molar-refractivity contribution is 0.343. The molecule has 1 aromatic heterocycles. The minimum Gasteiger partial charge on any atom is -0.493 e. The summed E-state index contributed by atoms with van der Waals surface area (Å²) in [6.07, 6.45) is 3.56. The number of H-pyrrole nitrogens is 1. The molecule has 0 saturated carbocycles. The molecule has 1 N–H and O–H groups in total. The Labute approximate surface area is 109 Å². The lowest BCUT2D eigenvalue weighted by Crippen LogP contribution is -2.00. The minimum atomic E-state index is 0.657. The van der Waals surface area contributed by atoms with Crippen molar-refractivity contribution in [3.63, 3.8) is 0 Å². The zero-order valence-corrected chi connectivity index (χ0v) is 11.1. The molecule has 2 aromatic rings. The number of hydrogen-bond donors (Lipinski definition) is 1. The largest absolute Gasteiger partial charge is 0.493 e. The predicted octanol–water partition coefficient (Wildman–Crippen LogP) is 2.70. The molecule has 0 bridgehead atoms. The Morgan fingerprint density at radius 2 is 2.12 bits per heavy atom. The van der Waals surface area contributed by atoms with Crippen molar-refractivity contribution in [1.82, 2.24) is 15.2 Å². The van der Waals surface area contributed by atoms with Crippen molar-refractivity contribution in [3.05, 3.63) is 30.6 Å². The summed E-state index contributed by atoms with van der Waals surface area (Å²) in [5.74, 6) is 1.75. The normalized spacial score (nSPS) is 10.4. The summed E-state index contributed by atoms with van der Waals surface area (Å²) in [6, 6.07) is 8.10. The van der Waals surface area contributed by atoms with E-state index in [1.807, 2.05) is 12.1 Å². The predicted molar refractivity (Wildman–Crippen MR) is 70.8 cm³/mol. The van der Waals surface area contributed by atoms with Crippen LogP contribution in [0, 0.1) is 0 Å². The quantitative estimate of drug-likeness (QED) is 0.644. The topological polar surface area (TPSA) is 50.8 Å². The van der Waals surface area contributed by atoms with Crippen LogP contribution in [0.4, 0.5) is 0 Å². The molecule has 0 radical (unpaired) electrons. The number of aromatic nitrogens is 3. The lowest BCUT2D eigenvalue weighted by Gasteiger charge is -2.05. The highest BCUT2D eigenvalue weighted by molar-refractivity contribution is 7.99. The summed E-state index contributed by atoms with van der Waals surface area (Å²) >= 11 is 3.32. The molecular weight excluding hydrogens is 254 g/mol. The first kappa shape index (κ1) is 12.3. The first-order valence-electron chi connectivity index (χ1n) is 5.13. The average Bonchev–Trinajstić information content (AvgIpc) is 2.88. The molecule has 90 valence electrons. The third-order valence-electron chi connectivity index (χ3n) is 2.04. The van der Waals surface area contributed by atoms with Gasteiger partial charge in [0.15, 0.2) is 5.16 Å². The van der Waals surface area contributed by atoms with Crippen LogP contribution in [0.25, 0.3) is 0 Å². The number of ether oxygens (including phenoxy) is 1. The number of nitrogens with zero attached hydrogens (tertiary/aromatic N) is 2. The summed E-state index contributed by atoms with van der Waals surface area (Å²) in [5, 5.41) is 7.40. The Balaban J connectivity index is 1.70. The number of benzene rings is 1. The molecule has 17 heavy (non-hydrogen) atoms. The van der Waals surface area contributed by atoms with Gasteiger partial charge in [-0.25, -0.2) is 4.98 Å². The van der Waals surface area contributed by atoms with Gasteiger partial charge in [0.2, 0.25) is 0 Å². The van der Waals surface area contributed by atoms with Crippen molar-refractivity contribution < 1.29 is 4.74 Å². The fourth-order valence-corrected chi connectivity index (χ4v) is 2.24. The first-order valence-corrected chi connectivity index (χ1v) is 7.34. The minimum absolute atomic E-state index is 0.657. The molecule has 0 unspecified atom stereocenters. The first-order chi connectivity index (χ1) is 8.38. The summed E-state index contributed by atoms with van der Waals surface area (Å²) in [7, 11) is 0. The second-order valence-corrected chi connectivity index (χ2v) is 5.13. The highest BCUT2D eigenvalue weighted by Gasteiger charge is 1.98. The van der Waals surface area contributed by atoms with Crippen LogP contribution in [0.3, 0.4) is 0 Å². The van der Waals surface area contributed by atoms with Gasteiger partial charge < -0.3 is 4.74 Å². The summed E-state index contributed by atoms with van der Waals surface area (Å²) in [5.41, 5.74) is 0. The highest BCUT2D eigenvalue weighted by Crippen LogP contribution is 2.19. The Bertz CT molecular complexity index is 430. The maximum absolute atomic E-state index is 5.61. The van der Waals surface area contributed by atoms with Crippen LogP contribution in [0.1, 0.15) is 0 Å². The molecule has 2 rings (SSSR count). The summed E-state index contributed by atoms with van der Waals surface area (Å²) in [6.45, 7) is 0.657. The molecule has 0 saturated heterocycles. The number of hydrogen-bond acceptors (Lipinski definition) is 5. The van der Waals surface area contributed by atoms with E-state index in [0.29, 0.717) is 6.61 Å². The Morgan fingerprint density at radius 1 is 1.29 bits per heavy atom. The molecule has 4 nitrogen and oxygen atoms in total. The molecule has 0 fully saturated rings. The zero-order valence-electron chi connectivity index (χ0n) is 9.42. The molecule has 1 heterocycles. The van der Waals surface area contributed by atoms with Gasteiger partial charge in [0, 0.05) is 10.6 Å². The molecule has 1 aromatic carbocycles. The van der Waals surface area contributed by atoms with Gasteiger partial charge in [-0.1, -0.05) is 11.8 Å². The van der Waals surface area contributed by atoms with Crippen molar-refractivity contribution in [2.75, 3.05) is 18.6 Å². The molecule has 0 spiro atoms. The van der Waals surface area contributed by atoms with Crippen LogP contribution in [0.15, 0.2) is 40.6 Å². The van der Waals surface area contributed by atoms with Crippen LogP contribution in [0.5, 0.6) is 5.75 Å². The fraction of sp³-hybridized carbons (Fsp3) is 0.273. The van der Waals surface area contributed by atoms with Gasteiger partial charge in [-0.05, 0) is 30.5 Å². The van der Waals surface area contributed by atoms with Crippen molar-refractivity contribution in [2.24, 2.45) is 0 Å². The van der Waals surface area contributed by atoms with Gasteiger partial charge >= 0.3 is 0 Å². The maximum atomic E-state index is 5.61. The third kappa shape index (κ3) is 3.98. The van der Waals surface area contributed by atoms with E-state index in [-0.39, 0.29) is 0 Å². The summed E-state index contributed by atoms with van der Waals surface area (Å²) < 4.78 is 5.61. The van der Waals surface area contributed by atoms with Crippen molar-refractivity contribution in [3.8, 4) is 5.75 Å². The highest BCUT2D eigenvalue weighted by atomic mass is 32.2. The molecule has 0 atom stereocenters. The van der Waals surface area contributed by atoms with Crippen LogP contribution < -0.4 is 4.74 Å². The number of nitrogens with one attached hydrogen (secondary N) is 1. The van der Waals surface area contributed by atoms with Crippen LogP contribution in [0.2, 0.25) is 0 Å². The van der Waals surface area contributed by atoms with Gasteiger partial charge in [0.1, 0.15) is 12.1 Å². The van der Waals surface area contributed by atoms with E-state index in [9.17, 15) is 0 Å². The van der Waals surface area contributed by atoms with E-state index in [2.05, 4.69) is 33.6 Å². The average molecular weight is 267 g/mol. The maximum Gasteiger partial charge on any atom is 0.183 e. The van der Waals surface area contributed by atoms with E-state index < -0.39 is 0 Å².